The van der Waals surface area contributed by atoms with Crippen molar-refractivity contribution < 1.29 is 0 Å². The van der Waals surface area contributed by atoms with Crippen LogP contribution in [-0.2, 0) is 0 Å². The molecule has 1 heterocycles. The van der Waals surface area contributed by atoms with E-state index in [0.29, 0.717) is 11.5 Å². The first-order chi connectivity index (χ1) is 8.91. The van der Waals surface area contributed by atoms with Gasteiger partial charge in [-0.2, -0.15) is 0 Å². The van der Waals surface area contributed by atoms with Crippen LogP contribution in [0.4, 0.5) is 0 Å². The predicted molar refractivity (Wildman–Crippen MR) is 84.3 cm³/mol. The summed E-state index contributed by atoms with van der Waals surface area (Å²) in [5.74, 6) is 1.60. The Balaban J connectivity index is 2.21. The lowest BCUT2D eigenvalue weighted by atomic mass is 9.69. The minimum atomic E-state index is 0.560. The monoisotopic (exact) mass is 263 g/mol. The van der Waals surface area contributed by atoms with Crippen molar-refractivity contribution >= 4 is 0 Å². The molecule has 1 fully saturated rings. The maximum absolute atomic E-state index is 2.66. The summed E-state index contributed by atoms with van der Waals surface area (Å²) in [6.45, 7) is 16.9. The average molecular weight is 263 g/mol. The van der Waals surface area contributed by atoms with E-state index in [2.05, 4.69) is 46.4 Å². The van der Waals surface area contributed by atoms with E-state index < -0.39 is 0 Å². The van der Waals surface area contributed by atoms with E-state index in [9.17, 15) is 0 Å². The first-order valence-electron chi connectivity index (χ1n) is 8.36. The van der Waals surface area contributed by atoms with E-state index in [-0.39, 0.29) is 0 Å². The van der Waals surface area contributed by atoms with Crippen molar-refractivity contribution in [1.82, 2.24) is 4.90 Å². The van der Waals surface area contributed by atoms with Crippen molar-refractivity contribution in [3.8, 4) is 0 Å². The molecule has 0 saturated carbocycles. The highest BCUT2D eigenvalue weighted by atomic mass is 15.2. The van der Waals surface area contributed by atoms with Gasteiger partial charge in [0.05, 0.1) is 0 Å². The molecule has 2 aliphatic rings. The van der Waals surface area contributed by atoms with E-state index in [1.54, 1.807) is 5.57 Å². The number of rotatable bonds is 3. The number of nitrogens with zero attached hydrogens (tertiary/aromatic N) is 1. The summed E-state index contributed by atoms with van der Waals surface area (Å²) in [5, 5.41) is 0. The summed E-state index contributed by atoms with van der Waals surface area (Å²) in [7, 11) is 0. The predicted octanol–water partition coefficient (Wildman–Crippen LogP) is 4.88. The van der Waals surface area contributed by atoms with Crippen LogP contribution >= 0.6 is 0 Å². The fourth-order valence-corrected chi connectivity index (χ4v) is 4.83. The summed E-state index contributed by atoms with van der Waals surface area (Å²) in [6.07, 6.45) is 5.56. The van der Waals surface area contributed by atoms with Gasteiger partial charge in [-0.3, -0.25) is 0 Å². The maximum atomic E-state index is 2.66. The van der Waals surface area contributed by atoms with Crippen molar-refractivity contribution in [3.63, 3.8) is 0 Å². The van der Waals surface area contributed by atoms with Gasteiger partial charge in [-0.15, -0.1) is 0 Å². The van der Waals surface area contributed by atoms with Crippen molar-refractivity contribution in [2.75, 3.05) is 13.1 Å². The molecule has 1 unspecified atom stereocenters. The molecule has 110 valence electrons. The van der Waals surface area contributed by atoms with Crippen LogP contribution in [0.15, 0.2) is 11.1 Å². The summed E-state index contributed by atoms with van der Waals surface area (Å²) in [4.78, 5) is 2.66. The summed E-state index contributed by atoms with van der Waals surface area (Å²) >= 11 is 0. The Morgan fingerprint density at radius 3 is 2.16 bits per heavy atom. The molecule has 0 radical (unpaired) electrons. The van der Waals surface area contributed by atoms with Crippen LogP contribution in [0.5, 0.6) is 0 Å². The Bertz CT molecular complexity index is 343. The van der Waals surface area contributed by atoms with Gasteiger partial charge >= 0.3 is 0 Å². The lowest BCUT2D eigenvalue weighted by molar-refractivity contribution is 0.0953. The van der Waals surface area contributed by atoms with E-state index in [1.165, 1.54) is 38.8 Å². The van der Waals surface area contributed by atoms with Crippen LogP contribution in [-0.4, -0.2) is 24.0 Å². The van der Waals surface area contributed by atoms with Crippen LogP contribution in [0, 0.1) is 17.3 Å². The Morgan fingerprint density at radius 2 is 1.74 bits per heavy atom. The smallest absolute Gasteiger partial charge is 0.00386 e. The zero-order chi connectivity index (χ0) is 14.2. The standard InChI is InChI=1S/C18H33N/c1-7-16-12-18(17(13(2)3)15(16)6)8-10-19(11-9-18)14(4)5/h13-14,16H,7-12H2,1-6H3. The molecule has 19 heavy (non-hydrogen) atoms. The van der Waals surface area contributed by atoms with Crippen molar-refractivity contribution in [3.05, 3.63) is 11.1 Å². The van der Waals surface area contributed by atoms with Gasteiger partial charge in [0.25, 0.3) is 0 Å². The van der Waals surface area contributed by atoms with E-state index in [1.807, 2.05) is 5.57 Å². The highest BCUT2D eigenvalue weighted by molar-refractivity contribution is 5.32. The van der Waals surface area contributed by atoms with Crippen LogP contribution < -0.4 is 0 Å². The molecule has 0 aromatic carbocycles. The Morgan fingerprint density at radius 1 is 1.16 bits per heavy atom. The molecule has 0 amide bonds. The maximum Gasteiger partial charge on any atom is 0.00386 e. The Hall–Kier alpha value is -0.300. The molecule has 1 atom stereocenters. The van der Waals surface area contributed by atoms with Gasteiger partial charge < -0.3 is 4.90 Å². The lowest BCUT2D eigenvalue weighted by Gasteiger charge is -2.44. The molecule has 0 N–H and O–H groups in total. The van der Waals surface area contributed by atoms with Gasteiger partial charge in [0.1, 0.15) is 0 Å². The Kier molecular flexibility index (Phi) is 4.45. The molecule has 2 rings (SSSR count). The second kappa shape index (κ2) is 5.60. The molecular formula is C18H33N. The summed E-state index contributed by atoms with van der Waals surface area (Å²) < 4.78 is 0. The Labute approximate surface area is 120 Å². The third-order valence-electron chi connectivity index (χ3n) is 5.80. The molecule has 1 nitrogen and oxygen atoms in total. The molecule has 1 spiro atoms. The number of hydrogen-bond donors (Lipinski definition) is 0. The molecule has 0 aromatic rings. The van der Waals surface area contributed by atoms with Gasteiger partial charge in [-0.1, -0.05) is 31.9 Å². The van der Waals surface area contributed by atoms with E-state index in [4.69, 9.17) is 0 Å². The van der Waals surface area contributed by atoms with Gasteiger partial charge in [0.2, 0.25) is 0 Å². The molecule has 1 aliphatic heterocycles. The zero-order valence-electron chi connectivity index (χ0n) is 13.9. The van der Waals surface area contributed by atoms with Crippen molar-refractivity contribution in [2.45, 2.75) is 73.3 Å². The minimum absolute atomic E-state index is 0.560. The molecule has 1 heteroatoms. The van der Waals surface area contributed by atoms with Crippen LogP contribution in [0.2, 0.25) is 0 Å². The SMILES string of the molecule is CCC1CC2(CCN(C(C)C)CC2)C(C(C)C)=C1C. The van der Waals surface area contributed by atoms with Crippen molar-refractivity contribution in [1.29, 1.82) is 0 Å². The van der Waals surface area contributed by atoms with Crippen molar-refractivity contribution in [2.24, 2.45) is 17.3 Å². The first kappa shape index (κ1) is 15.1. The highest BCUT2D eigenvalue weighted by Crippen LogP contribution is 2.55. The van der Waals surface area contributed by atoms with Gasteiger partial charge in [0, 0.05) is 6.04 Å². The second-order valence-corrected chi connectivity index (χ2v) is 7.47. The fraction of sp³-hybridized carbons (Fsp3) is 0.889. The summed E-state index contributed by atoms with van der Waals surface area (Å²) in [5.41, 5.74) is 4.14. The molecule has 1 saturated heterocycles. The molecule has 0 bridgehead atoms. The lowest BCUT2D eigenvalue weighted by Crippen LogP contribution is -2.44. The number of hydrogen-bond acceptors (Lipinski definition) is 1. The van der Waals surface area contributed by atoms with E-state index in [0.717, 1.165) is 11.8 Å². The number of allylic oxidation sites excluding steroid dienone is 2. The van der Waals surface area contributed by atoms with Crippen LogP contribution in [0.3, 0.4) is 0 Å². The third kappa shape index (κ3) is 2.63. The highest BCUT2D eigenvalue weighted by Gasteiger charge is 2.46. The normalized spacial score (nSPS) is 28.1. The minimum Gasteiger partial charge on any atom is -0.301 e. The largest absolute Gasteiger partial charge is 0.301 e. The fourth-order valence-electron chi connectivity index (χ4n) is 4.83. The van der Waals surface area contributed by atoms with Crippen LogP contribution in [0.25, 0.3) is 0 Å². The molecule has 0 aromatic heterocycles. The van der Waals surface area contributed by atoms with Gasteiger partial charge in [-0.25, -0.2) is 0 Å². The number of likely N-dealkylation sites (tertiary alicyclic amines) is 1. The van der Waals surface area contributed by atoms with Crippen LogP contribution in [0.1, 0.15) is 67.2 Å². The second-order valence-electron chi connectivity index (χ2n) is 7.47. The van der Waals surface area contributed by atoms with Gasteiger partial charge in [-0.05, 0) is 76.8 Å². The third-order valence-corrected chi connectivity index (χ3v) is 5.80. The first-order valence-corrected chi connectivity index (χ1v) is 8.36. The topological polar surface area (TPSA) is 3.24 Å². The molecule has 1 aliphatic carbocycles. The van der Waals surface area contributed by atoms with Gasteiger partial charge in [0.15, 0.2) is 0 Å². The van der Waals surface area contributed by atoms with E-state index >= 15 is 0 Å². The zero-order valence-corrected chi connectivity index (χ0v) is 13.9. The average Bonchev–Trinajstić information content (AvgIpc) is 2.62. The number of piperidine rings is 1. The molecular weight excluding hydrogens is 230 g/mol. The quantitative estimate of drug-likeness (QED) is 0.656. The summed E-state index contributed by atoms with van der Waals surface area (Å²) in [6, 6.07) is 0.716.